The van der Waals surface area contributed by atoms with E-state index in [1.807, 2.05) is 32.0 Å². The van der Waals surface area contributed by atoms with Gasteiger partial charge in [-0.3, -0.25) is 4.79 Å². The summed E-state index contributed by atoms with van der Waals surface area (Å²) >= 11 is 0. The van der Waals surface area contributed by atoms with Crippen LogP contribution in [0.4, 0.5) is 0 Å². The topological polar surface area (TPSA) is 61.8 Å². The maximum atomic E-state index is 11.8. The lowest BCUT2D eigenvalue weighted by molar-refractivity contribution is -0.123. The minimum absolute atomic E-state index is 0.0554. The van der Waals surface area contributed by atoms with Gasteiger partial charge in [0.2, 0.25) is 0 Å². The number of carbonyl (C=O) groups is 1. The van der Waals surface area contributed by atoms with Gasteiger partial charge in [-0.25, -0.2) is 0 Å². The molecule has 1 fully saturated rings. The summed E-state index contributed by atoms with van der Waals surface area (Å²) in [6.07, 6.45) is 2.51. The molecule has 1 amide bonds. The molecule has 1 aromatic rings. The number of ether oxygens (including phenoxy) is 1. The van der Waals surface area contributed by atoms with Gasteiger partial charge in [0.25, 0.3) is 5.91 Å². The zero-order chi connectivity index (χ0) is 16.7. The minimum atomic E-state index is -0.131. The first-order chi connectivity index (χ1) is 11.0. The van der Waals surface area contributed by atoms with E-state index in [0.29, 0.717) is 6.54 Å². The largest absolute Gasteiger partial charge is 0.484 e. The van der Waals surface area contributed by atoms with E-state index in [1.54, 1.807) is 0 Å². The molecule has 0 spiro atoms. The third-order valence-corrected chi connectivity index (χ3v) is 4.22. The van der Waals surface area contributed by atoms with Crippen LogP contribution in [-0.4, -0.2) is 54.8 Å². The molecule has 2 N–H and O–H groups in total. The Bertz CT molecular complexity index is 511. The lowest BCUT2D eigenvalue weighted by atomic mass is 10.1. The Kier molecular flexibility index (Phi) is 6.86. The maximum absolute atomic E-state index is 11.8. The Balaban J connectivity index is 1.58. The molecule has 0 saturated carbocycles. The van der Waals surface area contributed by atoms with Gasteiger partial charge < -0.3 is 20.1 Å². The van der Waals surface area contributed by atoms with Gasteiger partial charge in [0.1, 0.15) is 5.75 Å². The van der Waals surface area contributed by atoms with Crippen LogP contribution in [0.2, 0.25) is 0 Å². The molecule has 0 aromatic heterocycles. The standard InChI is InChI=1S/C18H28N2O3/c1-14-4-5-17(15(2)12-14)23-13-18(22)19-8-3-9-20-10-6-16(21)7-11-20/h4-5,12,16,21H,3,6-11,13H2,1-2H3,(H,19,22). The first-order valence-corrected chi connectivity index (χ1v) is 8.42. The molecule has 5 heteroatoms. The summed E-state index contributed by atoms with van der Waals surface area (Å²) in [6.45, 7) is 7.59. The number of aryl methyl sites for hydroxylation is 2. The molecule has 0 unspecified atom stereocenters. The Morgan fingerprint density at radius 1 is 1.35 bits per heavy atom. The molecule has 0 radical (unpaired) electrons. The van der Waals surface area contributed by atoms with Crippen molar-refractivity contribution in [3.8, 4) is 5.75 Å². The van der Waals surface area contributed by atoms with Crippen LogP contribution in [0.25, 0.3) is 0 Å². The molecule has 0 atom stereocenters. The number of hydrogen-bond acceptors (Lipinski definition) is 4. The third kappa shape index (κ3) is 6.20. The molecular weight excluding hydrogens is 292 g/mol. The quantitative estimate of drug-likeness (QED) is 0.750. The average molecular weight is 320 g/mol. The molecule has 128 valence electrons. The molecule has 1 heterocycles. The second kappa shape index (κ2) is 8.89. The van der Waals surface area contributed by atoms with E-state index < -0.39 is 0 Å². The molecule has 23 heavy (non-hydrogen) atoms. The second-order valence-electron chi connectivity index (χ2n) is 6.33. The highest BCUT2D eigenvalue weighted by Crippen LogP contribution is 2.18. The summed E-state index contributed by atoms with van der Waals surface area (Å²) in [5, 5.41) is 12.4. The predicted molar refractivity (Wildman–Crippen MR) is 90.7 cm³/mol. The van der Waals surface area contributed by atoms with E-state index in [1.165, 1.54) is 5.56 Å². The van der Waals surface area contributed by atoms with Crippen molar-refractivity contribution in [3.05, 3.63) is 29.3 Å². The number of benzene rings is 1. The second-order valence-corrected chi connectivity index (χ2v) is 6.33. The molecule has 1 aliphatic rings. The zero-order valence-electron chi connectivity index (χ0n) is 14.2. The number of likely N-dealkylation sites (tertiary alicyclic amines) is 1. The maximum Gasteiger partial charge on any atom is 0.257 e. The highest BCUT2D eigenvalue weighted by molar-refractivity contribution is 5.77. The number of aliphatic hydroxyl groups excluding tert-OH is 1. The van der Waals surface area contributed by atoms with Crippen molar-refractivity contribution in [2.45, 2.75) is 39.2 Å². The van der Waals surface area contributed by atoms with E-state index in [-0.39, 0.29) is 18.6 Å². The lowest BCUT2D eigenvalue weighted by Gasteiger charge is -2.29. The number of hydrogen-bond donors (Lipinski definition) is 2. The van der Waals surface area contributed by atoms with Gasteiger partial charge in [-0.05, 0) is 51.3 Å². The fourth-order valence-corrected chi connectivity index (χ4v) is 2.83. The molecule has 0 aliphatic carbocycles. The van der Waals surface area contributed by atoms with Crippen LogP contribution in [0.5, 0.6) is 5.75 Å². The van der Waals surface area contributed by atoms with Crippen LogP contribution >= 0.6 is 0 Å². The summed E-state index contributed by atoms with van der Waals surface area (Å²) in [4.78, 5) is 14.1. The monoisotopic (exact) mass is 320 g/mol. The van der Waals surface area contributed by atoms with Gasteiger partial charge in [0.05, 0.1) is 6.10 Å². The number of amides is 1. The fraction of sp³-hybridized carbons (Fsp3) is 0.611. The van der Waals surface area contributed by atoms with Crippen LogP contribution in [0, 0.1) is 13.8 Å². The Labute approximate surface area is 138 Å². The Morgan fingerprint density at radius 3 is 2.78 bits per heavy atom. The van der Waals surface area contributed by atoms with Gasteiger partial charge in [-0.15, -0.1) is 0 Å². The Morgan fingerprint density at radius 2 is 2.09 bits per heavy atom. The predicted octanol–water partition coefficient (Wildman–Crippen LogP) is 1.65. The summed E-state index contributed by atoms with van der Waals surface area (Å²) in [5.74, 6) is 0.677. The van der Waals surface area contributed by atoms with Crippen LogP contribution in [0.1, 0.15) is 30.4 Å². The van der Waals surface area contributed by atoms with Crippen LogP contribution in [-0.2, 0) is 4.79 Å². The average Bonchev–Trinajstić information content (AvgIpc) is 2.52. The van der Waals surface area contributed by atoms with Crippen molar-refractivity contribution >= 4 is 5.91 Å². The zero-order valence-corrected chi connectivity index (χ0v) is 14.2. The van der Waals surface area contributed by atoms with Crippen LogP contribution in [0.15, 0.2) is 18.2 Å². The van der Waals surface area contributed by atoms with Crippen molar-refractivity contribution in [2.24, 2.45) is 0 Å². The van der Waals surface area contributed by atoms with Gasteiger partial charge >= 0.3 is 0 Å². The third-order valence-electron chi connectivity index (χ3n) is 4.22. The number of rotatable bonds is 7. The van der Waals surface area contributed by atoms with Crippen molar-refractivity contribution in [3.63, 3.8) is 0 Å². The molecular formula is C18H28N2O3. The SMILES string of the molecule is Cc1ccc(OCC(=O)NCCCN2CCC(O)CC2)c(C)c1. The minimum Gasteiger partial charge on any atom is -0.484 e. The van der Waals surface area contributed by atoms with Crippen LogP contribution < -0.4 is 10.1 Å². The van der Waals surface area contributed by atoms with Crippen molar-refractivity contribution in [1.82, 2.24) is 10.2 Å². The molecule has 1 aromatic carbocycles. The number of carbonyl (C=O) groups excluding carboxylic acids is 1. The van der Waals surface area contributed by atoms with Gasteiger partial charge in [0, 0.05) is 19.6 Å². The van der Waals surface area contributed by atoms with Crippen molar-refractivity contribution in [2.75, 3.05) is 32.8 Å². The smallest absolute Gasteiger partial charge is 0.257 e. The van der Waals surface area contributed by atoms with Crippen molar-refractivity contribution < 1.29 is 14.6 Å². The van der Waals surface area contributed by atoms with Gasteiger partial charge in [0.15, 0.2) is 6.61 Å². The van der Waals surface area contributed by atoms with E-state index in [9.17, 15) is 9.90 Å². The fourth-order valence-electron chi connectivity index (χ4n) is 2.83. The lowest BCUT2D eigenvalue weighted by Crippen LogP contribution is -2.38. The van der Waals surface area contributed by atoms with E-state index in [2.05, 4.69) is 10.2 Å². The number of aliphatic hydroxyl groups is 1. The molecule has 2 rings (SSSR count). The summed E-state index contributed by atoms with van der Waals surface area (Å²) in [6, 6.07) is 5.93. The molecule has 5 nitrogen and oxygen atoms in total. The van der Waals surface area contributed by atoms with E-state index >= 15 is 0 Å². The summed E-state index contributed by atoms with van der Waals surface area (Å²) in [7, 11) is 0. The number of nitrogens with one attached hydrogen (secondary N) is 1. The first kappa shape index (κ1) is 17.8. The summed E-state index contributed by atoms with van der Waals surface area (Å²) < 4.78 is 5.56. The highest BCUT2D eigenvalue weighted by atomic mass is 16.5. The number of piperidine rings is 1. The first-order valence-electron chi connectivity index (χ1n) is 8.42. The molecule has 0 bridgehead atoms. The van der Waals surface area contributed by atoms with E-state index in [4.69, 9.17) is 4.74 Å². The Hall–Kier alpha value is -1.59. The molecule has 1 aliphatic heterocycles. The molecule has 1 saturated heterocycles. The normalized spacial score (nSPS) is 16.3. The van der Waals surface area contributed by atoms with Crippen molar-refractivity contribution in [1.29, 1.82) is 0 Å². The highest BCUT2D eigenvalue weighted by Gasteiger charge is 2.16. The summed E-state index contributed by atoms with van der Waals surface area (Å²) in [5.41, 5.74) is 2.23. The van der Waals surface area contributed by atoms with Gasteiger partial charge in [-0.2, -0.15) is 0 Å². The van der Waals surface area contributed by atoms with E-state index in [0.717, 1.165) is 50.2 Å². The van der Waals surface area contributed by atoms with Gasteiger partial charge in [-0.1, -0.05) is 17.7 Å². The van der Waals surface area contributed by atoms with Crippen LogP contribution in [0.3, 0.4) is 0 Å². The number of nitrogens with zero attached hydrogens (tertiary/aromatic N) is 1.